The number of nitrogens with zero attached hydrogens (tertiary/aromatic N) is 2. The van der Waals surface area contributed by atoms with E-state index in [4.69, 9.17) is 19.7 Å². The van der Waals surface area contributed by atoms with E-state index in [0.29, 0.717) is 13.1 Å². The molecule has 4 rings (SSSR count). The summed E-state index contributed by atoms with van der Waals surface area (Å²) in [5, 5.41) is 37.1. The zero-order valence-corrected chi connectivity index (χ0v) is 21.9. The second kappa shape index (κ2) is 14.8. The van der Waals surface area contributed by atoms with Crippen LogP contribution in [0.1, 0.15) is 24.0 Å². The van der Waals surface area contributed by atoms with Crippen LogP contribution in [0.15, 0.2) is 60.7 Å². The molecule has 2 aliphatic rings. The number of benzene rings is 2. The number of carboxylic acid groups (broad SMARTS) is 2. The van der Waals surface area contributed by atoms with Gasteiger partial charge in [0.05, 0.1) is 12.2 Å². The molecule has 4 atom stereocenters. The van der Waals surface area contributed by atoms with Crippen molar-refractivity contribution in [3.8, 4) is 0 Å². The van der Waals surface area contributed by atoms with Gasteiger partial charge in [0.1, 0.15) is 25.0 Å². The van der Waals surface area contributed by atoms with Crippen molar-refractivity contribution in [3.63, 3.8) is 0 Å². The van der Waals surface area contributed by atoms with Crippen LogP contribution in [0.3, 0.4) is 0 Å². The Kier molecular flexibility index (Phi) is 11.3. The Morgan fingerprint density at radius 3 is 1.32 bits per heavy atom. The first-order valence-corrected chi connectivity index (χ1v) is 12.9. The van der Waals surface area contributed by atoms with Crippen molar-refractivity contribution in [2.75, 3.05) is 26.2 Å². The van der Waals surface area contributed by atoms with Crippen LogP contribution in [-0.2, 0) is 32.3 Å². The monoisotopic (exact) mass is 558 g/mol. The van der Waals surface area contributed by atoms with E-state index in [-0.39, 0.29) is 39.1 Å². The average molecular weight is 559 g/mol. The summed E-state index contributed by atoms with van der Waals surface area (Å²) in [6.07, 6.45) is -2.43. The molecule has 12 nitrogen and oxygen atoms in total. The van der Waals surface area contributed by atoms with Gasteiger partial charge in [0.2, 0.25) is 0 Å². The van der Waals surface area contributed by atoms with Crippen LogP contribution in [0.4, 0.5) is 9.59 Å². The molecule has 2 saturated heterocycles. The molecular formula is C28H34N2O10. The molecule has 216 valence electrons. The molecule has 2 aliphatic heterocycles. The third-order valence-electron chi connectivity index (χ3n) is 6.71. The topological polar surface area (TPSA) is 174 Å². The minimum absolute atomic E-state index is 0.0237. The maximum atomic E-state index is 11.9. The fourth-order valence-corrected chi connectivity index (χ4v) is 4.32. The second-order valence-corrected chi connectivity index (χ2v) is 9.57. The Balaban J connectivity index is 0.000000220. The van der Waals surface area contributed by atoms with E-state index in [1.807, 2.05) is 60.7 Å². The average Bonchev–Trinajstić information content (AvgIpc) is 2.96. The number of ether oxygens (including phenoxy) is 2. The van der Waals surface area contributed by atoms with Gasteiger partial charge in [0.25, 0.3) is 0 Å². The summed E-state index contributed by atoms with van der Waals surface area (Å²) in [5.74, 6) is -4.10. The lowest BCUT2D eigenvalue weighted by molar-refractivity contribution is -0.149. The summed E-state index contributed by atoms with van der Waals surface area (Å²) in [4.78, 5) is 48.4. The number of aliphatic carboxylic acids is 2. The summed E-state index contributed by atoms with van der Waals surface area (Å²) in [5.41, 5.74) is 1.74. The highest BCUT2D eigenvalue weighted by molar-refractivity contribution is 5.74. The molecule has 0 aromatic heterocycles. The molecule has 0 aliphatic carbocycles. The van der Waals surface area contributed by atoms with Gasteiger partial charge >= 0.3 is 24.1 Å². The fraction of sp³-hybridized carbons (Fsp3) is 0.429. The van der Waals surface area contributed by atoms with Crippen molar-refractivity contribution < 1.29 is 49.1 Å². The predicted molar refractivity (Wildman–Crippen MR) is 140 cm³/mol. The number of carbonyl (C=O) groups excluding carboxylic acids is 2. The Hall–Kier alpha value is -4.16. The SMILES string of the molecule is O=C(O)[C@@H]1CN(C(=O)OCc2ccccc2)CC[C@@H]1O.O=C(O)[C@H]1CN(C(=O)OCc2ccccc2)CC[C@H]1O. The lowest BCUT2D eigenvalue weighted by Crippen LogP contribution is -2.48. The second-order valence-electron chi connectivity index (χ2n) is 9.57. The standard InChI is InChI=1S/2C14H17NO5/c2*16-12-6-7-15(8-11(12)13(17)18)14(19)20-9-10-4-2-1-3-5-10/h2*1-5,11-12,16H,6-9H2,(H,17,18)/t2*11-,12+/m10/s1. The first kappa shape index (κ1) is 30.4. The zero-order chi connectivity index (χ0) is 29.1. The highest BCUT2D eigenvalue weighted by atomic mass is 16.6. The van der Waals surface area contributed by atoms with Gasteiger partial charge in [-0.2, -0.15) is 0 Å². The molecule has 0 unspecified atom stereocenters. The largest absolute Gasteiger partial charge is 0.481 e. The Bertz CT molecular complexity index is 1040. The molecule has 2 amide bonds. The van der Waals surface area contributed by atoms with E-state index in [9.17, 15) is 29.4 Å². The molecule has 0 bridgehead atoms. The van der Waals surface area contributed by atoms with Gasteiger partial charge in [0, 0.05) is 26.2 Å². The fourth-order valence-electron chi connectivity index (χ4n) is 4.32. The first-order chi connectivity index (χ1) is 19.2. The van der Waals surface area contributed by atoms with Crippen molar-refractivity contribution in [1.82, 2.24) is 9.80 Å². The first-order valence-electron chi connectivity index (χ1n) is 12.9. The van der Waals surface area contributed by atoms with Gasteiger partial charge in [0.15, 0.2) is 0 Å². The van der Waals surface area contributed by atoms with Gasteiger partial charge < -0.3 is 39.7 Å². The number of rotatable bonds is 6. The third kappa shape index (κ3) is 8.95. The maximum Gasteiger partial charge on any atom is 0.410 e. The normalized spacial score (nSPS) is 22.4. The minimum Gasteiger partial charge on any atom is -0.481 e. The van der Waals surface area contributed by atoms with Crippen LogP contribution in [0.5, 0.6) is 0 Å². The van der Waals surface area contributed by atoms with Crippen LogP contribution in [0, 0.1) is 11.8 Å². The maximum absolute atomic E-state index is 11.9. The number of likely N-dealkylation sites (tertiary alicyclic amines) is 2. The summed E-state index contributed by atoms with van der Waals surface area (Å²) >= 11 is 0. The van der Waals surface area contributed by atoms with Crippen LogP contribution < -0.4 is 0 Å². The number of aliphatic hydroxyl groups excluding tert-OH is 2. The molecule has 12 heteroatoms. The molecule has 0 saturated carbocycles. The lowest BCUT2D eigenvalue weighted by Gasteiger charge is -2.33. The highest BCUT2D eigenvalue weighted by Gasteiger charge is 2.36. The molecule has 2 fully saturated rings. The van der Waals surface area contributed by atoms with Gasteiger partial charge in [-0.15, -0.1) is 0 Å². The van der Waals surface area contributed by atoms with E-state index in [1.54, 1.807) is 0 Å². The van der Waals surface area contributed by atoms with E-state index >= 15 is 0 Å². The van der Waals surface area contributed by atoms with Crippen LogP contribution >= 0.6 is 0 Å². The number of piperidine rings is 2. The van der Waals surface area contributed by atoms with Gasteiger partial charge in [-0.3, -0.25) is 9.59 Å². The highest BCUT2D eigenvalue weighted by Crippen LogP contribution is 2.20. The molecule has 0 radical (unpaired) electrons. The molecule has 4 N–H and O–H groups in total. The molecule has 2 heterocycles. The quantitative estimate of drug-likeness (QED) is 0.411. The summed E-state index contributed by atoms with van der Waals surface area (Å²) in [6, 6.07) is 18.5. The van der Waals surface area contributed by atoms with Crippen LogP contribution in [0.25, 0.3) is 0 Å². The summed E-state index contributed by atoms with van der Waals surface area (Å²) in [6.45, 7) is 0.859. The summed E-state index contributed by atoms with van der Waals surface area (Å²) < 4.78 is 10.3. The van der Waals surface area contributed by atoms with E-state index < -0.39 is 48.2 Å². The molecular weight excluding hydrogens is 524 g/mol. The van der Waals surface area contributed by atoms with Crippen LogP contribution in [0.2, 0.25) is 0 Å². The number of hydrogen-bond donors (Lipinski definition) is 4. The molecule has 2 aromatic rings. The summed E-state index contributed by atoms with van der Waals surface area (Å²) in [7, 11) is 0. The molecule has 0 spiro atoms. The van der Waals surface area contributed by atoms with E-state index in [2.05, 4.69) is 0 Å². The van der Waals surface area contributed by atoms with Crippen molar-refractivity contribution in [2.24, 2.45) is 11.8 Å². The Morgan fingerprint density at radius 1 is 0.650 bits per heavy atom. The molecule has 2 aromatic carbocycles. The zero-order valence-electron chi connectivity index (χ0n) is 21.9. The lowest BCUT2D eigenvalue weighted by atomic mass is 9.95. The van der Waals surface area contributed by atoms with E-state index in [1.165, 1.54) is 9.80 Å². The Morgan fingerprint density at radius 2 is 1.00 bits per heavy atom. The molecule has 40 heavy (non-hydrogen) atoms. The number of carboxylic acids is 2. The number of amides is 2. The predicted octanol–water partition coefficient (Wildman–Crippen LogP) is 2.18. The Labute approximate surface area is 231 Å². The number of aliphatic hydroxyl groups is 2. The van der Waals surface area contributed by atoms with Gasteiger partial charge in [-0.05, 0) is 24.0 Å². The van der Waals surface area contributed by atoms with Crippen molar-refractivity contribution in [1.29, 1.82) is 0 Å². The van der Waals surface area contributed by atoms with Crippen LogP contribution in [-0.4, -0.2) is 92.7 Å². The van der Waals surface area contributed by atoms with Crippen molar-refractivity contribution >= 4 is 24.1 Å². The third-order valence-corrected chi connectivity index (χ3v) is 6.71. The minimum atomic E-state index is -1.10. The van der Waals surface area contributed by atoms with Gasteiger partial charge in [-0.1, -0.05) is 60.7 Å². The van der Waals surface area contributed by atoms with E-state index in [0.717, 1.165) is 11.1 Å². The van der Waals surface area contributed by atoms with Crippen molar-refractivity contribution in [3.05, 3.63) is 71.8 Å². The smallest absolute Gasteiger partial charge is 0.410 e. The number of carbonyl (C=O) groups is 4. The van der Waals surface area contributed by atoms with Gasteiger partial charge in [-0.25, -0.2) is 9.59 Å². The van der Waals surface area contributed by atoms with Crippen molar-refractivity contribution in [2.45, 2.75) is 38.3 Å². The number of hydrogen-bond acceptors (Lipinski definition) is 8.